The van der Waals surface area contributed by atoms with Crippen molar-refractivity contribution in [2.24, 2.45) is 0 Å². The highest BCUT2D eigenvalue weighted by Gasteiger charge is 2.53. The van der Waals surface area contributed by atoms with Crippen LogP contribution in [0.5, 0.6) is 5.75 Å². The van der Waals surface area contributed by atoms with Gasteiger partial charge in [-0.05, 0) is 47.5 Å². The van der Waals surface area contributed by atoms with Crippen LogP contribution in [-0.2, 0) is 5.54 Å². The third-order valence-corrected chi connectivity index (χ3v) is 5.74. The molecule has 1 amide bonds. The van der Waals surface area contributed by atoms with Crippen LogP contribution >= 0.6 is 0 Å². The Hall–Kier alpha value is -4.05. The van der Waals surface area contributed by atoms with E-state index in [-0.39, 0.29) is 11.7 Å². The molecular weight excluding hydrogens is 420 g/mol. The van der Waals surface area contributed by atoms with Crippen molar-refractivity contribution in [2.45, 2.75) is 33.2 Å². The van der Waals surface area contributed by atoms with Gasteiger partial charge in [-0.2, -0.15) is 0 Å². The third kappa shape index (κ3) is 3.92. The molecule has 1 aliphatic rings. The van der Waals surface area contributed by atoms with Gasteiger partial charge in [-0.3, -0.25) is 9.69 Å². The number of phenolic OH excluding ortho intramolecular Hbond substituents is 1. The Morgan fingerprint density at radius 1 is 0.676 bits per heavy atom. The summed E-state index contributed by atoms with van der Waals surface area (Å²) in [7, 11) is 0. The lowest BCUT2D eigenvalue weighted by Gasteiger charge is -2.41. The van der Waals surface area contributed by atoms with Crippen LogP contribution in [0.15, 0.2) is 103 Å². The number of nitrogen functional groups attached to an aromatic ring is 1. The summed E-state index contributed by atoms with van der Waals surface area (Å²) < 4.78 is 0. The number of carbonyl (C=O) groups excluding carboxylic acids is 1. The number of anilines is 2. The first-order chi connectivity index (χ1) is 16.6. The number of phenols is 1. The van der Waals surface area contributed by atoms with Gasteiger partial charge in [-0.15, -0.1) is 0 Å². The molecule has 1 atom stereocenters. The molecule has 4 heteroatoms. The lowest BCUT2D eigenvalue weighted by molar-refractivity contribution is 0.0987. The maximum Gasteiger partial charge on any atom is 0.260 e. The highest BCUT2D eigenvalue weighted by atomic mass is 16.3. The highest BCUT2D eigenvalue weighted by Crippen LogP contribution is 2.52. The average molecular weight is 453 g/mol. The lowest BCUT2D eigenvalue weighted by Crippen LogP contribution is -2.46. The van der Waals surface area contributed by atoms with E-state index >= 15 is 0 Å². The van der Waals surface area contributed by atoms with Gasteiger partial charge in [-0.1, -0.05) is 94.4 Å². The number of amides is 1. The first-order valence-corrected chi connectivity index (χ1v) is 11.8. The fourth-order valence-corrected chi connectivity index (χ4v) is 4.50. The van der Waals surface area contributed by atoms with Crippen LogP contribution in [0.4, 0.5) is 11.4 Å². The molecule has 0 saturated heterocycles. The number of aromatic hydroxyl groups is 1. The molecule has 0 spiro atoms. The van der Waals surface area contributed by atoms with E-state index < -0.39 is 5.54 Å². The summed E-state index contributed by atoms with van der Waals surface area (Å²) in [4.78, 5) is 15.6. The molecule has 4 nitrogen and oxygen atoms in total. The topological polar surface area (TPSA) is 66.6 Å². The van der Waals surface area contributed by atoms with E-state index in [1.54, 1.807) is 12.1 Å². The maximum atomic E-state index is 13.8. The number of hydrogen-bond acceptors (Lipinski definition) is 3. The first-order valence-electron chi connectivity index (χ1n) is 11.8. The van der Waals surface area contributed by atoms with Gasteiger partial charge in [0.2, 0.25) is 0 Å². The maximum absolute atomic E-state index is 13.8. The smallest absolute Gasteiger partial charge is 0.260 e. The Morgan fingerprint density at radius 3 is 1.82 bits per heavy atom. The van der Waals surface area contributed by atoms with E-state index in [1.165, 1.54) is 0 Å². The van der Waals surface area contributed by atoms with Crippen molar-refractivity contribution in [1.29, 1.82) is 0 Å². The molecule has 1 unspecified atom stereocenters. The second kappa shape index (κ2) is 10.7. The van der Waals surface area contributed by atoms with Crippen LogP contribution in [0.1, 0.15) is 54.7 Å². The summed E-state index contributed by atoms with van der Waals surface area (Å²) in [6.07, 6.45) is 0. The molecule has 4 aromatic carbocycles. The van der Waals surface area contributed by atoms with E-state index in [0.29, 0.717) is 11.3 Å². The number of rotatable bonds is 3. The van der Waals surface area contributed by atoms with E-state index in [0.717, 1.165) is 22.4 Å². The first kappa shape index (κ1) is 24.6. The fourth-order valence-electron chi connectivity index (χ4n) is 4.50. The van der Waals surface area contributed by atoms with Gasteiger partial charge >= 0.3 is 0 Å². The van der Waals surface area contributed by atoms with Gasteiger partial charge in [-0.25, -0.2) is 0 Å². The van der Waals surface area contributed by atoms with E-state index in [2.05, 4.69) is 0 Å². The van der Waals surface area contributed by atoms with Crippen molar-refractivity contribution >= 4 is 17.3 Å². The van der Waals surface area contributed by atoms with Crippen LogP contribution < -0.4 is 10.6 Å². The van der Waals surface area contributed by atoms with Gasteiger partial charge in [0.25, 0.3) is 5.91 Å². The van der Waals surface area contributed by atoms with Crippen molar-refractivity contribution in [2.75, 3.05) is 10.6 Å². The van der Waals surface area contributed by atoms with Gasteiger partial charge in [0.15, 0.2) is 0 Å². The predicted molar refractivity (Wildman–Crippen MR) is 141 cm³/mol. The average Bonchev–Trinajstić information content (AvgIpc) is 3.17. The number of carbonyl (C=O) groups is 1. The molecule has 0 radical (unpaired) electrons. The number of nitrogens with zero attached hydrogens (tertiary/aromatic N) is 1. The molecule has 0 aromatic heterocycles. The molecule has 5 rings (SSSR count). The molecule has 34 heavy (non-hydrogen) atoms. The zero-order valence-electron chi connectivity index (χ0n) is 20.2. The van der Waals surface area contributed by atoms with Crippen molar-refractivity contribution < 1.29 is 9.90 Å². The minimum Gasteiger partial charge on any atom is -0.508 e. The van der Waals surface area contributed by atoms with Crippen LogP contribution in [0.2, 0.25) is 0 Å². The van der Waals surface area contributed by atoms with Crippen LogP contribution in [0, 0.1) is 0 Å². The van der Waals surface area contributed by atoms with Gasteiger partial charge in [0, 0.05) is 22.5 Å². The van der Waals surface area contributed by atoms with Crippen molar-refractivity contribution in [1.82, 2.24) is 0 Å². The molecule has 0 aliphatic carbocycles. The van der Waals surface area contributed by atoms with Crippen molar-refractivity contribution in [3.05, 3.63) is 125 Å². The van der Waals surface area contributed by atoms with E-state index in [4.69, 9.17) is 5.73 Å². The number of para-hydroxylation sites is 2. The number of nitrogens with two attached hydrogens (primary N) is 1. The second-order valence-electron chi connectivity index (χ2n) is 7.37. The Balaban J connectivity index is 0.000000771. The molecule has 1 heterocycles. The minimum atomic E-state index is -0.964. The second-order valence-corrected chi connectivity index (χ2v) is 7.37. The SMILES string of the molecule is CC.CC.Nc1ccccc1C1(c2ccc(O)cc2)c2ccccc2C(=O)N1c1ccccc1. The highest BCUT2D eigenvalue weighted by molar-refractivity contribution is 6.14. The van der Waals surface area contributed by atoms with Gasteiger partial charge in [0.05, 0.1) is 0 Å². The zero-order valence-corrected chi connectivity index (χ0v) is 20.2. The summed E-state index contributed by atoms with van der Waals surface area (Å²) in [6, 6.07) is 31.9. The molecule has 0 fully saturated rings. The van der Waals surface area contributed by atoms with Gasteiger partial charge in [0.1, 0.15) is 11.3 Å². The Bertz CT molecular complexity index is 1240. The Kier molecular flexibility index (Phi) is 7.75. The number of benzene rings is 4. The van der Waals surface area contributed by atoms with Crippen LogP contribution in [-0.4, -0.2) is 11.0 Å². The number of fused-ring (bicyclic) bond motifs is 1. The molecule has 3 N–H and O–H groups in total. The molecule has 0 bridgehead atoms. The monoisotopic (exact) mass is 452 g/mol. The van der Waals surface area contributed by atoms with E-state index in [1.807, 2.05) is 124 Å². The molecular formula is C30H32N2O2. The van der Waals surface area contributed by atoms with Crippen molar-refractivity contribution in [3.8, 4) is 5.75 Å². The van der Waals surface area contributed by atoms with Crippen LogP contribution in [0.3, 0.4) is 0 Å². The normalized spacial score (nSPS) is 16.0. The Labute approximate surface area is 202 Å². The summed E-state index contributed by atoms with van der Waals surface area (Å²) in [5, 5.41) is 9.93. The summed E-state index contributed by atoms with van der Waals surface area (Å²) in [5.41, 5.74) is 10.1. The Morgan fingerprint density at radius 2 is 1.21 bits per heavy atom. The molecule has 1 aliphatic heterocycles. The van der Waals surface area contributed by atoms with Gasteiger partial charge < -0.3 is 10.8 Å². The van der Waals surface area contributed by atoms with E-state index in [9.17, 15) is 9.90 Å². The van der Waals surface area contributed by atoms with Crippen molar-refractivity contribution in [3.63, 3.8) is 0 Å². The predicted octanol–water partition coefficient (Wildman–Crippen LogP) is 6.98. The zero-order chi connectivity index (χ0) is 24.7. The third-order valence-electron chi connectivity index (χ3n) is 5.74. The quantitative estimate of drug-likeness (QED) is 0.330. The molecule has 174 valence electrons. The lowest BCUT2D eigenvalue weighted by atomic mass is 9.76. The molecule has 4 aromatic rings. The summed E-state index contributed by atoms with van der Waals surface area (Å²) in [6.45, 7) is 8.00. The standard InChI is InChI=1S/C26H20N2O2.2C2H6/c27-24-13-7-6-12-23(24)26(18-14-16-20(29)17-15-18)22-11-5-4-10-21(22)25(30)28(26)19-8-2-1-3-9-19;2*1-2/h1-17,29H,27H2;2*1-2H3. The minimum absolute atomic E-state index is 0.0897. The largest absolute Gasteiger partial charge is 0.508 e. The summed E-state index contributed by atoms with van der Waals surface area (Å²) >= 11 is 0. The number of hydrogen-bond donors (Lipinski definition) is 2. The summed E-state index contributed by atoms with van der Waals surface area (Å²) in [5.74, 6) is 0.0759. The molecule has 0 saturated carbocycles. The van der Waals surface area contributed by atoms with Crippen LogP contribution in [0.25, 0.3) is 0 Å². The fraction of sp³-hybridized carbons (Fsp3) is 0.167.